The van der Waals surface area contributed by atoms with Gasteiger partial charge < -0.3 is 4.90 Å². The van der Waals surface area contributed by atoms with Crippen LogP contribution in [0, 0.1) is 0 Å². The molecule has 2 heteroatoms. The first-order valence-corrected chi connectivity index (χ1v) is 6.09. The van der Waals surface area contributed by atoms with Gasteiger partial charge >= 0.3 is 0 Å². The van der Waals surface area contributed by atoms with Crippen molar-refractivity contribution in [2.75, 3.05) is 26.7 Å². The molecule has 1 unspecified atom stereocenters. The molecular formula is C12H26N2. The summed E-state index contributed by atoms with van der Waals surface area (Å²) in [6.45, 7) is 10.6. The molecule has 14 heavy (non-hydrogen) atoms. The van der Waals surface area contributed by atoms with Gasteiger partial charge in [0.2, 0.25) is 0 Å². The fourth-order valence-electron chi connectivity index (χ4n) is 2.23. The van der Waals surface area contributed by atoms with E-state index in [9.17, 15) is 0 Å². The minimum Gasteiger partial charge on any atom is -0.302 e. The van der Waals surface area contributed by atoms with E-state index in [-0.39, 0.29) is 0 Å². The Morgan fingerprint density at radius 2 is 2.07 bits per heavy atom. The van der Waals surface area contributed by atoms with E-state index in [1.165, 1.54) is 38.9 Å². The van der Waals surface area contributed by atoms with Crippen LogP contribution >= 0.6 is 0 Å². The summed E-state index contributed by atoms with van der Waals surface area (Å²) in [6, 6.07) is 1.48. The summed E-state index contributed by atoms with van der Waals surface area (Å²) in [6.07, 6.45) is 4.22. The van der Waals surface area contributed by atoms with E-state index in [2.05, 4.69) is 37.6 Å². The predicted octanol–water partition coefficient (Wildman–Crippen LogP) is 2.20. The second-order valence-electron chi connectivity index (χ2n) is 4.81. The van der Waals surface area contributed by atoms with Crippen molar-refractivity contribution in [1.29, 1.82) is 0 Å². The van der Waals surface area contributed by atoms with Crippen LogP contribution in [0.1, 0.15) is 40.0 Å². The Morgan fingerprint density at radius 1 is 1.36 bits per heavy atom. The quantitative estimate of drug-likeness (QED) is 0.683. The van der Waals surface area contributed by atoms with Gasteiger partial charge in [-0.1, -0.05) is 13.3 Å². The molecule has 0 aliphatic carbocycles. The van der Waals surface area contributed by atoms with Gasteiger partial charge in [-0.3, -0.25) is 4.90 Å². The van der Waals surface area contributed by atoms with Gasteiger partial charge in [0.15, 0.2) is 0 Å². The number of nitrogens with zero attached hydrogens (tertiary/aromatic N) is 2. The lowest BCUT2D eigenvalue weighted by atomic mass is 10.0. The summed E-state index contributed by atoms with van der Waals surface area (Å²) in [7, 11) is 2.24. The smallest absolute Gasteiger partial charge is 0.0223 e. The van der Waals surface area contributed by atoms with E-state index >= 15 is 0 Å². The number of likely N-dealkylation sites (tertiary alicyclic amines) is 1. The van der Waals surface area contributed by atoms with E-state index in [0.29, 0.717) is 6.04 Å². The van der Waals surface area contributed by atoms with Crippen LogP contribution in [0.15, 0.2) is 0 Å². The molecule has 84 valence electrons. The second kappa shape index (κ2) is 5.72. The molecule has 0 radical (unpaired) electrons. The molecule has 1 aliphatic rings. The fraction of sp³-hybridized carbons (Fsp3) is 1.00. The topological polar surface area (TPSA) is 6.48 Å². The number of likely N-dealkylation sites (N-methyl/N-ethyl adjacent to an activating group) is 2. The zero-order valence-corrected chi connectivity index (χ0v) is 10.3. The van der Waals surface area contributed by atoms with E-state index in [0.717, 1.165) is 6.04 Å². The molecule has 0 spiro atoms. The number of hydrogen-bond acceptors (Lipinski definition) is 2. The molecule has 2 nitrogen and oxygen atoms in total. The molecule has 0 aromatic rings. The Labute approximate surface area is 89.3 Å². The number of rotatable bonds is 4. The zero-order valence-electron chi connectivity index (χ0n) is 10.3. The molecule has 0 aromatic carbocycles. The molecule has 1 aliphatic heterocycles. The molecule has 0 amide bonds. The van der Waals surface area contributed by atoms with Crippen molar-refractivity contribution in [3.63, 3.8) is 0 Å². The third-order valence-electron chi connectivity index (χ3n) is 3.54. The highest BCUT2D eigenvalue weighted by Gasteiger charge is 2.22. The van der Waals surface area contributed by atoms with Crippen LogP contribution in [0.3, 0.4) is 0 Å². The molecule has 1 rings (SSSR count). The lowest BCUT2D eigenvalue weighted by Crippen LogP contribution is -2.47. The maximum atomic E-state index is 2.64. The molecule has 0 aromatic heterocycles. The molecule has 1 heterocycles. The highest BCUT2D eigenvalue weighted by Crippen LogP contribution is 2.17. The Kier molecular flexibility index (Phi) is 4.90. The highest BCUT2D eigenvalue weighted by molar-refractivity contribution is 4.79. The second-order valence-corrected chi connectivity index (χ2v) is 4.81. The summed E-state index contributed by atoms with van der Waals surface area (Å²) in [5.74, 6) is 0. The Hall–Kier alpha value is -0.0800. The minimum atomic E-state index is 0.677. The minimum absolute atomic E-state index is 0.677. The third-order valence-corrected chi connectivity index (χ3v) is 3.54. The first-order chi connectivity index (χ1) is 6.65. The lowest BCUT2D eigenvalue weighted by molar-refractivity contribution is 0.109. The van der Waals surface area contributed by atoms with Crippen molar-refractivity contribution in [2.45, 2.75) is 52.1 Å². The van der Waals surface area contributed by atoms with Gasteiger partial charge in [0.05, 0.1) is 0 Å². The number of piperidine rings is 1. The lowest BCUT2D eigenvalue weighted by Gasteiger charge is -2.38. The van der Waals surface area contributed by atoms with E-state index in [4.69, 9.17) is 0 Å². The fourth-order valence-corrected chi connectivity index (χ4v) is 2.23. The standard InChI is InChI=1S/C12H26N2/c1-5-14-9-7-6-8-12(14)10-13(4)11(2)3/h11-12H,5-10H2,1-4H3. The Morgan fingerprint density at radius 3 is 2.64 bits per heavy atom. The molecular weight excluding hydrogens is 172 g/mol. The third kappa shape index (κ3) is 3.25. The molecule has 0 saturated carbocycles. The summed E-state index contributed by atoms with van der Waals surface area (Å²) in [4.78, 5) is 5.11. The molecule has 1 saturated heterocycles. The first kappa shape index (κ1) is 12.0. The molecule has 1 fully saturated rings. The zero-order chi connectivity index (χ0) is 10.6. The van der Waals surface area contributed by atoms with E-state index in [1.54, 1.807) is 0 Å². The van der Waals surface area contributed by atoms with Gasteiger partial charge in [0, 0.05) is 18.6 Å². The predicted molar refractivity (Wildman–Crippen MR) is 62.7 cm³/mol. The van der Waals surface area contributed by atoms with E-state index in [1.807, 2.05) is 0 Å². The van der Waals surface area contributed by atoms with Crippen LogP contribution in [-0.2, 0) is 0 Å². The Balaban J connectivity index is 2.40. The average Bonchev–Trinajstić information content (AvgIpc) is 2.18. The summed E-state index contributed by atoms with van der Waals surface area (Å²) in [5.41, 5.74) is 0. The van der Waals surface area contributed by atoms with Gasteiger partial charge in [-0.05, 0) is 46.8 Å². The first-order valence-electron chi connectivity index (χ1n) is 6.09. The summed E-state index contributed by atoms with van der Waals surface area (Å²) < 4.78 is 0. The van der Waals surface area contributed by atoms with Crippen LogP contribution < -0.4 is 0 Å². The van der Waals surface area contributed by atoms with Crippen molar-refractivity contribution in [3.8, 4) is 0 Å². The summed E-state index contributed by atoms with van der Waals surface area (Å²) >= 11 is 0. The van der Waals surface area contributed by atoms with Crippen molar-refractivity contribution in [1.82, 2.24) is 9.80 Å². The summed E-state index contributed by atoms with van der Waals surface area (Å²) in [5, 5.41) is 0. The van der Waals surface area contributed by atoms with Crippen molar-refractivity contribution < 1.29 is 0 Å². The normalized spacial score (nSPS) is 24.9. The van der Waals surface area contributed by atoms with Gasteiger partial charge in [0.1, 0.15) is 0 Å². The SMILES string of the molecule is CCN1CCCCC1CN(C)C(C)C. The van der Waals surface area contributed by atoms with Crippen molar-refractivity contribution in [3.05, 3.63) is 0 Å². The average molecular weight is 198 g/mol. The van der Waals surface area contributed by atoms with Gasteiger partial charge in [0.25, 0.3) is 0 Å². The van der Waals surface area contributed by atoms with Crippen molar-refractivity contribution in [2.24, 2.45) is 0 Å². The maximum absolute atomic E-state index is 2.64. The van der Waals surface area contributed by atoms with Crippen LogP contribution in [0.2, 0.25) is 0 Å². The largest absolute Gasteiger partial charge is 0.302 e. The Bertz CT molecular complexity index is 156. The molecule has 1 atom stereocenters. The van der Waals surface area contributed by atoms with Crippen LogP contribution in [0.25, 0.3) is 0 Å². The van der Waals surface area contributed by atoms with Crippen LogP contribution in [0.5, 0.6) is 0 Å². The maximum Gasteiger partial charge on any atom is 0.0223 e. The van der Waals surface area contributed by atoms with Gasteiger partial charge in [-0.2, -0.15) is 0 Å². The molecule has 0 bridgehead atoms. The monoisotopic (exact) mass is 198 g/mol. The van der Waals surface area contributed by atoms with Gasteiger partial charge in [-0.15, -0.1) is 0 Å². The number of hydrogen-bond donors (Lipinski definition) is 0. The van der Waals surface area contributed by atoms with Gasteiger partial charge in [-0.25, -0.2) is 0 Å². The highest BCUT2D eigenvalue weighted by atomic mass is 15.2. The van der Waals surface area contributed by atoms with Crippen molar-refractivity contribution >= 4 is 0 Å². The van der Waals surface area contributed by atoms with Crippen LogP contribution in [-0.4, -0.2) is 48.6 Å². The van der Waals surface area contributed by atoms with E-state index < -0.39 is 0 Å². The van der Waals surface area contributed by atoms with Crippen LogP contribution in [0.4, 0.5) is 0 Å². The molecule has 0 N–H and O–H groups in total.